The number of hydrogen-bond donors (Lipinski definition) is 1. The Kier molecular flexibility index (Phi) is 5.05. The summed E-state index contributed by atoms with van der Waals surface area (Å²) in [5.74, 6) is 0.00622. The van der Waals surface area contributed by atoms with Gasteiger partial charge in [-0.05, 0) is 49.3 Å². The molecule has 0 saturated carbocycles. The lowest BCUT2D eigenvalue weighted by molar-refractivity contribution is 0.101. The molecule has 0 aromatic heterocycles. The second-order valence-corrected chi connectivity index (χ2v) is 6.77. The number of carbonyl (C=O) groups is 1. The van der Waals surface area contributed by atoms with Gasteiger partial charge in [0.15, 0.2) is 5.78 Å². The zero-order valence-corrected chi connectivity index (χ0v) is 14.9. The zero-order chi connectivity index (χ0) is 18.7. The van der Waals surface area contributed by atoms with Crippen LogP contribution in [0.3, 0.4) is 0 Å². The van der Waals surface area contributed by atoms with Crippen LogP contribution in [-0.4, -0.2) is 5.78 Å². The molecule has 0 unspecified atom stereocenters. The summed E-state index contributed by atoms with van der Waals surface area (Å²) in [6.45, 7) is 1.53. The number of anilines is 1. The third kappa shape index (κ3) is 3.07. The molecule has 0 saturated heterocycles. The number of nitrogens with two attached hydrogens (primary N) is 1. The Morgan fingerprint density at radius 1 is 0.923 bits per heavy atom. The van der Waals surface area contributed by atoms with E-state index in [4.69, 9.17) is 5.73 Å². The van der Waals surface area contributed by atoms with Crippen molar-refractivity contribution in [2.24, 2.45) is 0 Å². The number of nitriles is 2. The summed E-state index contributed by atoms with van der Waals surface area (Å²) in [5.41, 5.74) is 11.8. The lowest BCUT2D eigenvalue weighted by atomic mass is 9.81. The predicted octanol–water partition coefficient (Wildman–Crippen LogP) is 4.54. The summed E-state index contributed by atoms with van der Waals surface area (Å²) in [4.78, 5) is 11.6. The van der Waals surface area contributed by atoms with E-state index in [2.05, 4.69) is 12.1 Å². The molecular weight excluding hydrogens is 322 g/mol. The minimum atomic E-state index is 0.00622. The van der Waals surface area contributed by atoms with Crippen LogP contribution in [0.25, 0.3) is 11.1 Å². The Bertz CT molecular complexity index is 944. The highest BCUT2D eigenvalue weighted by molar-refractivity contribution is 5.95. The average Bonchev–Trinajstić information content (AvgIpc) is 2.62. The van der Waals surface area contributed by atoms with E-state index >= 15 is 0 Å². The summed E-state index contributed by atoms with van der Waals surface area (Å²) in [5, 5.41) is 19.4. The third-order valence-corrected chi connectivity index (χ3v) is 5.16. The van der Waals surface area contributed by atoms with Gasteiger partial charge in [0.05, 0.1) is 16.8 Å². The highest BCUT2D eigenvalue weighted by Crippen LogP contribution is 2.39. The molecule has 0 amide bonds. The highest BCUT2D eigenvalue weighted by atomic mass is 16.1. The van der Waals surface area contributed by atoms with Crippen molar-refractivity contribution in [2.75, 3.05) is 5.73 Å². The van der Waals surface area contributed by atoms with Gasteiger partial charge in [-0.1, -0.05) is 37.1 Å². The maximum atomic E-state index is 11.6. The van der Waals surface area contributed by atoms with Crippen molar-refractivity contribution in [3.8, 4) is 23.3 Å². The molecule has 0 heterocycles. The van der Waals surface area contributed by atoms with Crippen LogP contribution in [0.15, 0.2) is 24.3 Å². The average molecular weight is 343 g/mol. The van der Waals surface area contributed by atoms with Crippen molar-refractivity contribution in [3.63, 3.8) is 0 Å². The summed E-state index contributed by atoms with van der Waals surface area (Å²) in [6, 6.07) is 11.8. The molecule has 2 aromatic carbocycles. The molecule has 0 fully saturated rings. The number of nitrogens with zero attached hydrogens (tertiary/aromatic N) is 2. The minimum absolute atomic E-state index is 0.00622. The van der Waals surface area contributed by atoms with Gasteiger partial charge in [-0.15, -0.1) is 0 Å². The molecule has 4 heteroatoms. The van der Waals surface area contributed by atoms with E-state index < -0.39 is 0 Å². The maximum Gasteiger partial charge on any atom is 0.159 e. The minimum Gasteiger partial charge on any atom is -0.397 e. The number of benzene rings is 2. The Balaban J connectivity index is 2.31. The van der Waals surface area contributed by atoms with E-state index in [1.54, 1.807) is 12.1 Å². The fourth-order valence-corrected chi connectivity index (χ4v) is 3.82. The van der Waals surface area contributed by atoms with Crippen molar-refractivity contribution in [3.05, 3.63) is 52.1 Å². The molecule has 3 rings (SSSR count). The molecule has 2 aromatic rings. The standard InChI is InChI=1S/C22H21N3O/c1-14(26)15-8-10-16(11-9-15)21-18-7-5-3-2-4-6-17(18)19(12-23)22(25)20(21)13-24/h8-11H,2-7,25H2,1H3. The molecule has 130 valence electrons. The number of rotatable bonds is 2. The van der Waals surface area contributed by atoms with Crippen LogP contribution in [-0.2, 0) is 12.8 Å². The number of hydrogen-bond acceptors (Lipinski definition) is 4. The van der Waals surface area contributed by atoms with Gasteiger partial charge in [-0.3, -0.25) is 4.79 Å². The SMILES string of the molecule is CC(=O)c1ccc(-c2c(C#N)c(N)c(C#N)c3c2CCCCCC3)cc1. The normalized spacial score (nSPS) is 13.7. The van der Waals surface area contributed by atoms with Gasteiger partial charge in [0.25, 0.3) is 0 Å². The Morgan fingerprint density at radius 3 is 2.04 bits per heavy atom. The Hall–Kier alpha value is -3.11. The first-order valence-electron chi connectivity index (χ1n) is 8.97. The number of Topliss-reactive ketones (excluding diaryl/α,β-unsaturated/α-hetero) is 1. The van der Waals surface area contributed by atoms with E-state index in [0.717, 1.165) is 60.8 Å². The van der Waals surface area contributed by atoms with E-state index in [-0.39, 0.29) is 11.5 Å². The van der Waals surface area contributed by atoms with Crippen LogP contribution >= 0.6 is 0 Å². The van der Waals surface area contributed by atoms with Crippen LogP contribution in [0.1, 0.15) is 65.2 Å². The summed E-state index contributed by atoms with van der Waals surface area (Å²) in [6.07, 6.45) is 6.00. The van der Waals surface area contributed by atoms with Crippen molar-refractivity contribution < 1.29 is 4.79 Å². The van der Waals surface area contributed by atoms with Crippen LogP contribution in [0, 0.1) is 22.7 Å². The van der Waals surface area contributed by atoms with Gasteiger partial charge >= 0.3 is 0 Å². The van der Waals surface area contributed by atoms with Crippen molar-refractivity contribution in [1.29, 1.82) is 10.5 Å². The first-order chi connectivity index (χ1) is 12.6. The van der Waals surface area contributed by atoms with Gasteiger partial charge in [0, 0.05) is 11.1 Å². The molecule has 2 N–H and O–H groups in total. The van der Waals surface area contributed by atoms with Crippen molar-refractivity contribution in [1.82, 2.24) is 0 Å². The Labute approximate surface area is 153 Å². The molecule has 0 radical (unpaired) electrons. The van der Waals surface area contributed by atoms with Crippen LogP contribution in [0.2, 0.25) is 0 Å². The van der Waals surface area contributed by atoms with E-state index in [1.807, 2.05) is 12.1 Å². The van der Waals surface area contributed by atoms with Crippen LogP contribution in [0.5, 0.6) is 0 Å². The summed E-state index contributed by atoms with van der Waals surface area (Å²) < 4.78 is 0. The smallest absolute Gasteiger partial charge is 0.159 e. The lowest BCUT2D eigenvalue weighted by Gasteiger charge is -2.22. The van der Waals surface area contributed by atoms with Gasteiger partial charge in [0.1, 0.15) is 12.1 Å². The van der Waals surface area contributed by atoms with Crippen LogP contribution < -0.4 is 5.73 Å². The fourth-order valence-electron chi connectivity index (χ4n) is 3.82. The molecule has 1 aliphatic rings. The number of carbonyl (C=O) groups excluding carboxylic acids is 1. The van der Waals surface area contributed by atoms with Gasteiger partial charge in [0.2, 0.25) is 0 Å². The predicted molar refractivity (Wildman–Crippen MR) is 102 cm³/mol. The molecule has 0 spiro atoms. The number of fused-ring (bicyclic) bond motifs is 1. The summed E-state index contributed by atoms with van der Waals surface area (Å²) in [7, 11) is 0. The van der Waals surface area contributed by atoms with Gasteiger partial charge < -0.3 is 5.73 Å². The largest absolute Gasteiger partial charge is 0.397 e. The van der Waals surface area contributed by atoms with Crippen LogP contribution in [0.4, 0.5) is 5.69 Å². The van der Waals surface area contributed by atoms with Gasteiger partial charge in [-0.2, -0.15) is 10.5 Å². The molecule has 0 atom stereocenters. The number of nitrogen functional groups attached to an aromatic ring is 1. The summed E-state index contributed by atoms with van der Waals surface area (Å²) >= 11 is 0. The van der Waals surface area contributed by atoms with Gasteiger partial charge in [-0.25, -0.2) is 0 Å². The van der Waals surface area contributed by atoms with E-state index in [9.17, 15) is 15.3 Å². The quantitative estimate of drug-likeness (QED) is 0.640. The molecular formula is C22H21N3O. The zero-order valence-electron chi connectivity index (χ0n) is 14.9. The molecule has 4 nitrogen and oxygen atoms in total. The molecule has 1 aliphatic carbocycles. The third-order valence-electron chi connectivity index (χ3n) is 5.16. The first-order valence-corrected chi connectivity index (χ1v) is 8.97. The van der Waals surface area contributed by atoms with E-state index in [0.29, 0.717) is 16.7 Å². The second kappa shape index (κ2) is 7.42. The molecule has 0 bridgehead atoms. The van der Waals surface area contributed by atoms with E-state index in [1.165, 1.54) is 6.92 Å². The topological polar surface area (TPSA) is 90.7 Å². The molecule has 0 aliphatic heterocycles. The van der Waals surface area contributed by atoms with Crippen molar-refractivity contribution in [2.45, 2.75) is 45.4 Å². The monoisotopic (exact) mass is 343 g/mol. The number of ketones is 1. The highest BCUT2D eigenvalue weighted by Gasteiger charge is 2.24. The lowest BCUT2D eigenvalue weighted by Crippen LogP contribution is -2.10. The molecule has 26 heavy (non-hydrogen) atoms. The second-order valence-electron chi connectivity index (χ2n) is 6.77. The maximum absolute atomic E-state index is 11.6. The Morgan fingerprint density at radius 2 is 1.50 bits per heavy atom. The first kappa shape index (κ1) is 17.7. The van der Waals surface area contributed by atoms with Crippen molar-refractivity contribution >= 4 is 11.5 Å². The fraction of sp³-hybridized carbons (Fsp3) is 0.318.